The summed E-state index contributed by atoms with van der Waals surface area (Å²) in [6.45, 7) is 3.58. The number of carbonyl (C=O) groups excluding carboxylic acids is 1. The molecule has 2 atom stereocenters. The molecule has 1 aromatic heterocycles. The summed E-state index contributed by atoms with van der Waals surface area (Å²) in [4.78, 5) is 12.0. The van der Waals surface area contributed by atoms with Crippen LogP contribution in [0.4, 0.5) is 9.18 Å². The molecule has 3 N–H and O–H groups in total. The Labute approximate surface area is 147 Å². The van der Waals surface area contributed by atoms with E-state index in [1.165, 1.54) is 12.1 Å². The van der Waals surface area contributed by atoms with Crippen LogP contribution in [0, 0.1) is 5.82 Å². The molecule has 0 saturated carbocycles. The summed E-state index contributed by atoms with van der Waals surface area (Å²) in [7, 11) is 1.76. The first-order valence-corrected chi connectivity index (χ1v) is 8.26. The van der Waals surface area contributed by atoms with E-state index in [9.17, 15) is 14.3 Å². The lowest BCUT2D eigenvalue weighted by Gasteiger charge is -2.23. The first kappa shape index (κ1) is 18.9. The molecule has 0 spiro atoms. The van der Waals surface area contributed by atoms with Crippen LogP contribution in [-0.4, -0.2) is 33.5 Å². The lowest BCUT2D eigenvalue weighted by molar-refractivity contribution is 0.0592. The van der Waals surface area contributed by atoms with Crippen LogP contribution in [0.1, 0.15) is 31.4 Å². The Morgan fingerprint density at radius 3 is 2.88 bits per heavy atom. The van der Waals surface area contributed by atoms with Crippen molar-refractivity contribution in [3.05, 3.63) is 53.6 Å². The van der Waals surface area contributed by atoms with E-state index in [1.807, 2.05) is 13.0 Å². The number of nitrogens with zero attached hydrogens (tertiary/aromatic N) is 2. The van der Waals surface area contributed by atoms with Gasteiger partial charge in [0.2, 0.25) is 0 Å². The van der Waals surface area contributed by atoms with Gasteiger partial charge in [-0.2, -0.15) is 5.10 Å². The fourth-order valence-corrected chi connectivity index (χ4v) is 2.48. The van der Waals surface area contributed by atoms with Gasteiger partial charge in [-0.15, -0.1) is 0 Å². The molecule has 0 aliphatic heterocycles. The lowest BCUT2D eigenvalue weighted by atomic mass is 10.00. The smallest absolute Gasteiger partial charge is 0.315 e. The van der Waals surface area contributed by atoms with E-state index in [0.717, 1.165) is 5.56 Å². The number of urea groups is 1. The number of hydrogen-bond donors (Lipinski definition) is 3. The average molecular weight is 348 g/mol. The van der Waals surface area contributed by atoms with Gasteiger partial charge in [0.25, 0.3) is 0 Å². The molecule has 1 aromatic carbocycles. The highest BCUT2D eigenvalue weighted by Crippen LogP contribution is 2.18. The number of rotatable bonds is 7. The van der Waals surface area contributed by atoms with Gasteiger partial charge in [-0.25, -0.2) is 9.18 Å². The molecule has 0 radical (unpaired) electrons. The second-order valence-corrected chi connectivity index (χ2v) is 6.57. The Morgan fingerprint density at radius 2 is 2.24 bits per heavy atom. The molecule has 1 heterocycles. The topological polar surface area (TPSA) is 79.2 Å². The number of aryl methyl sites for hydroxylation is 2. The molecule has 0 aliphatic rings. The van der Waals surface area contributed by atoms with Crippen molar-refractivity contribution in [2.45, 2.75) is 38.3 Å². The molecule has 0 saturated heterocycles. The minimum Gasteiger partial charge on any atom is -0.383 e. The monoisotopic (exact) mass is 348 g/mol. The number of benzene rings is 1. The summed E-state index contributed by atoms with van der Waals surface area (Å²) in [6.07, 6.45) is 4.64. The van der Waals surface area contributed by atoms with E-state index >= 15 is 0 Å². The Balaban J connectivity index is 1.75. The van der Waals surface area contributed by atoms with Crippen LogP contribution >= 0.6 is 0 Å². The van der Waals surface area contributed by atoms with Gasteiger partial charge < -0.3 is 15.7 Å². The Bertz CT molecular complexity index is 715. The van der Waals surface area contributed by atoms with Gasteiger partial charge in [0, 0.05) is 24.8 Å². The molecule has 0 unspecified atom stereocenters. The van der Waals surface area contributed by atoms with E-state index in [2.05, 4.69) is 15.7 Å². The van der Waals surface area contributed by atoms with E-state index in [-0.39, 0.29) is 24.4 Å². The summed E-state index contributed by atoms with van der Waals surface area (Å²) in [5.41, 5.74) is 0.333. The van der Waals surface area contributed by atoms with Gasteiger partial charge >= 0.3 is 6.03 Å². The second kappa shape index (κ2) is 8.11. The van der Waals surface area contributed by atoms with E-state index in [1.54, 1.807) is 37.1 Å². The normalized spacial score (nSPS) is 14.6. The first-order chi connectivity index (χ1) is 11.8. The van der Waals surface area contributed by atoms with Crippen molar-refractivity contribution in [3.63, 3.8) is 0 Å². The SMILES string of the molecule is C[C@H](CCc1cccc(F)c1)NC(=O)NC[C@](C)(O)c1cnn(C)c1. The van der Waals surface area contributed by atoms with Crippen molar-refractivity contribution in [2.24, 2.45) is 7.05 Å². The highest BCUT2D eigenvalue weighted by Gasteiger charge is 2.25. The Hall–Kier alpha value is -2.41. The van der Waals surface area contributed by atoms with Crippen LogP contribution < -0.4 is 10.6 Å². The number of nitrogens with one attached hydrogen (secondary N) is 2. The molecular weight excluding hydrogens is 323 g/mol. The zero-order valence-corrected chi connectivity index (χ0v) is 14.8. The van der Waals surface area contributed by atoms with Crippen molar-refractivity contribution < 1.29 is 14.3 Å². The second-order valence-electron chi connectivity index (χ2n) is 6.57. The Morgan fingerprint density at radius 1 is 1.48 bits per heavy atom. The number of amides is 2. The number of aromatic nitrogens is 2. The molecular formula is C18H25FN4O2. The molecule has 2 amide bonds. The molecule has 2 rings (SSSR count). The van der Waals surface area contributed by atoms with Crippen molar-refractivity contribution in [1.29, 1.82) is 0 Å². The third kappa shape index (κ3) is 5.86. The van der Waals surface area contributed by atoms with Crippen molar-refractivity contribution in [1.82, 2.24) is 20.4 Å². The summed E-state index contributed by atoms with van der Waals surface area (Å²) in [5, 5.41) is 19.9. The predicted molar refractivity (Wildman–Crippen MR) is 93.5 cm³/mol. The predicted octanol–water partition coefficient (Wildman–Crippen LogP) is 2.09. The summed E-state index contributed by atoms with van der Waals surface area (Å²) in [5.74, 6) is -0.256. The van der Waals surface area contributed by atoms with Crippen LogP contribution in [0.3, 0.4) is 0 Å². The molecule has 2 aromatic rings. The quantitative estimate of drug-likeness (QED) is 0.717. The molecule has 0 bridgehead atoms. The van der Waals surface area contributed by atoms with Gasteiger partial charge in [-0.05, 0) is 44.4 Å². The third-order valence-corrected chi connectivity index (χ3v) is 4.05. The van der Waals surface area contributed by atoms with Gasteiger partial charge in [0.1, 0.15) is 11.4 Å². The minimum atomic E-state index is -1.20. The van der Waals surface area contributed by atoms with Crippen molar-refractivity contribution in [3.8, 4) is 0 Å². The summed E-state index contributed by atoms with van der Waals surface area (Å²) >= 11 is 0. The van der Waals surface area contributed by atoms with E-state index in [4.69, 9.17) is 0 Å². The fourth-order valence-electron chi connectivity index (χ4n) is 2.48. The maximum absolute atomic E-state index is 13.1. The number of hydrogen-bond acceptors (Lipinski definition) is 3. The third-order valence-electron chi connectivity index (χ3n) is 4.05. The largest absolute Gasteiger partial charge is 0.383 e. The summed E-state index contributed by atoms with van der Waals surface area (Å²) in [6, 6.07) is 6.02. The van der Waals surface area contributed by atoms with Crippen molar-refractivity contribution >= 4 is 6.03 Å². The zero-order chi connectivity index (χ0) is 18.4. The van der Waals surface area contributed by atoms with E-state index in [0.29, 0.717) is 18.4 Å². The maximum atomic E-state index is 13.1. The minimum absolute atomic E-state index is 0.0706. The first-order valence-electron chi connectivity index (χ1n) is 8.26. The molecule has 0 aliphatic carbocycles. The van der Waals surface area contributed by atoms with Gasteiger partial charge in [0.15, 0.2) is 0 Å². The van der Waals surface area contributed by atoms with Crippen molar-refractivity contribution in [2.75, 3.05) is 6.54 Å². The lowest BCUT2D eigenvalue weighted by Crippen LogP contribution is -2.46. The number of halogens is 1. The standard InChI is InChI=1S/C18H25FN4O2/c1-13(7-8-14-5-4-6-16(19)9-14)22-17(24)20-12-18(2,25)15-10-21-23(3)11-15/h4-6,9-11,13,25H,7-8,12H2,1-3H3,(H2,20,22,24)/t13-,18+/m1/s1. The molecule has 25 heavy (non-hydrogen) atoms. The number of carbonyl (C=O) groups is 1. The van der Waals surface area contributed by atoms with Crippen LogP contribution in [0.15, 0.2) is 36.7 Å². The van der Waals surface area contributed by atoms with Crippen LogP contribution in [0.25, 0.3) is 0 Å². The average Bonchev–Trinajstić information content (AvgIpc) is 2.99. The number of aliphatic hydroxyl groups is 1. The highest BCUT2D eigenvalue weighted by molar-refractivity contribution is 5.74. The molecule has 7 heteroatoms. The van der Waals surface area contributed by atoms with Gasteiger partial charge in [-0.3, -0.25) is 4.68 Å². The summed E-state index contributed by atoms with van der Waals surface area (Å²) < 4.78 is 14.7. The van der Waals surface area contributed by atoms with Gasteiger partial charge in [0.05, 0.1) is 12.7 Å². The molecule has 6 nitrogen and oxygen atoms in total. The molecule has 0 fully saturated rings. The van der Waals surface area contributed by atoms with Crippen LogP contribution in [0.2, 0.25) is 0 Å². The Kier molecular flexibility index (Phi) is 6.14. The van der Waals surface area contributed by atoms with Crippen LogP contribution in [0.5, 0.6) is 0 Å². The van der Waals surface area contributed by atoms with Gasteiger partial charge in [-0.1, -0.05) is 12.1 Å². The molecule has 136 valence electrons. The maximum Gasteiger partial charge on any atom is 0.315 e. The fraction of sp³-hybridized carbons (Fsp3) is 0.444. The zero-order valence-electron chi connectivity index (χ0n) is 14.8. The highest BCUT2D eigenvalue weighted by atomic mass is 19.1. The van der Waals surface area contributed by atoms with Crippen LogP contribution in [-0.2, 0) is 19.1 Å². The van der Waals surface area contributed by atoms with E-state index < -0.39 is 5.60 Å².